The number of rotatable bonds is 3. The van der Waals surface area contributed by atoms with Gasteiger partial charge < -0.3 is 9.52 Å². The lowest BCUT2D eigenvalue weighted by atomic mass is 10.2. The standard InChI is InChI=1S/C15H11N5O2/c21-11-5-3-10(4-6-11)8-20-15-14(18-19-20)13(16-9-17-15)12-2-1-7-22-12/h1-7,9,21H,8H2. The molecule has 0 fully saturated rings. The first kappa shape index (κ1) is 12.5. The monoisotopic (exact) mass is 293 g/mol. The molecule has 4 rings (SSSR count). The fourth-order valence-corrected chi connectivity index (χ4v) is 2.27. The van der Waals surface area contributed by atoms with Crippen LogP contribution in [0, 0.1) is 0 Å². The number of benzene rings is 1. The van der Waals surface area contributed by atoms with E-state index in [1.807, 2.05) is 18.2 Å². The van der Waals surface area contributed by atoms with Crippen molar-refractivity contribution >= 4 is 11.2 Å². The predicted octanol–water partition coefficient (Wildman–Crippen LogP) is 2.24. The highest BCUT2D eigenvalue weighted by Crippen LogP contribution is 2.24. The van der Waals surface area contributed by atoms with Crippen molar-refractivity contribution in [3.05, 3.63) is 54.6 Å². The Morgan fingerprint density at radius 2 is 1.95 bits per heavy atom. The Hall–Kier alpha value is -3.22. The van der Waals surface area contributed by atoms with Crippen LogP contribution in [-0.2, 0) is 6.54 Å². The van der Waals surface area contributed by atoms with Gasteiger partial charge in [0.05, 0.1) is 12.8 Å². The molecule has 0 aliphatic rings. The van der Waals surface area contributed by atoms with Crippen LogP contribution >= 0.6 is 0 Å². The van der Waals surface area contributed by atoms with E-state index in [1.54, 1.807) is 29.1 Å². The molecule has 22 heavy (non-hydrogen) atoms. The molecule has 0 atom stereocenters. The van der Waals surface area contributed by atoms with Gasteiger partial charge in [-0.15, -0.1) is 5.10 Å². The molecule has 0 aliphatic heterocycles. The normalized spacial score (nSPS) is 11.1. The molecule has 7 heteroatoms. The average Bonchev–Trinajstić information content (AvgIpc) is 3.20. The van der Waals surface area contributed by atoms with E-state index in [-0.39, 0.29) is 5.75 Å². The van der Waals surface area contributed by atoms with E-state index < -0.39 is 0 Å². The minimum atomic E-state index is 0.231. The molecule has 0 aliphatic carbocycles. The molecule has 0 spiro atoms. The van der Waals surface area contributed by atoms with Crippen LogP contribution in [0.25, 0.3) is 22.6 Å². The second-order valence-electron chi connectivity index (χ2n) is 4.79. The number of hydrogen-bond acceptors (Lipinski definition) is 6. The molecule has 0 unspecified atom stereocenters. The van der Waals surface area contributed by atoms with Crippen molar-refractivity contribution in [2.24, 2.45) is 0 Å². The van der Waals surface area contributed by atoms with Crippen molar-refractivity contribution in [2.45, 2.75) is 6.54 Å². The third kappa shape index (κ3) is 2.08. The lowest BCUT2D eigenvalue weighted by Crippen LogP contribution is -2.02. The number of fused-ring (bicyclic) bond motifs is 1. The van der Waals surface area contributed by atoms with Gasteiger partial charge in [0.15, 0.2) is 16.9 Å². The predicted molar refractivity (Wildman–Crippen MR) is 78.0 cm³/mol. The molecule has 3 aromatic heterocycles. The molecule has 108 valence electrons. The SMILES string of the molecule is Oc1ccc(Cn2nnc3c(-c4ccco4)ncnc32)cc1. The zero-order valence-corrected chi connectivity index (χ0v) is 11.4. The molecule has 0 amide bonds. The summed E-state index contributed by atoms with van der Waals surface area (Å²) in [4.78, 5) is 8.49. The fourth-order valence-electron chi connectivity index (χ4n) is 2.27. The van der Waals surface area contributed by atoms with Crippen molar-refractivity contribution in [1.29, 1.82) is 0 Å². The quantitative estimate of drug-likeness (QED) is 0.623. The Balaban J connectivity index is 1.77. The Morgan fingerprint density at radius 3 is 2.73 bits per heavy atom. The van der Waals surface area contributed by atoms with Crippen molar-refractivity contribution in [3.8, 4) is 17.2 Å². The lowest BCUT2D eigenvalue weighted by Gasteiger charge is -2.02. The van der Waals surface area contributed by atoms with Crippen LogP contribution in [0.15, 0.2) is 53.4 Å². The van der Waals surface area contributed by atoms with Crippen LogP contribution in [0.3, 0.4) is 0 Å². The molecule has 0 radical (unpaired) electrons. The maximum Gasteiger partial charge on any atom is 0.182 e. The first-order valence-corrected chi connectivity index (χ1v) is 6.67. The van der Waals surface area contributed by atoms with Crippen molar-refractivity contribution in [3.63, 3.8) is 0 Å². The molecule has 1 aromatic carbocycles. The van der Waals surface area contributed by atoms with Gasteiger partial charge in [0.2, 0.25) is 0 Å². The van der Waals surface area contributed by atoms with Gasteiger partial charge in [0, 0.05) is 0 Å². The summed E-state index contributed by atoms with van der Waals surface area (Å²) < 4.78 is 7.06. The smallest absolute Gasteiger partial charge is 0.182 e. The summed E-state index contributed by atoms with van der Waals surface area (Å²) >= 11 is 0. The summed E-state index contributed by atoms with van der Waals surface area (Å²) in [6, 6.07) is 10.6. The zero-order valence-electron chi connectivity index (χ0n) is 11.4. The zero-order chi connectivity index (χ0) is 14.9. The number of hydrogen-bond donors (Lipinski definition) is 1. The van der Waals surface area contributed by atoms with Gasteiger partial charge in [-0.25, -0.2) is 14.6 Å². The van der Waals surface area contributed by atoms with E-state index in [1.165, 1.54) is 6.33 Å². The Bertz CT molecular complexity index is 913. The first-order valence-electron chi connectivity index (χ1n) is 6.67. The van der Waals surface area contributed by atoms with Gasteiger partial charge in [-0.3, -0.25) is 0 Å². The molecular weight excluding hydrogens is 282 g/mol. The minimum absolute atomic E-state index is 0.231. The Kier molecular flexibility index (Phi) is 2.82. The number of aromatic nitrogens is 5. The molecule has 7 nitrogen and oxygen atoms in total. The van der Waals surface area contributed by atoms with Gasteiger partial charge in [-0.05, 0) is 29.8 Å². The lowest BCUT2D eigenvalue weighted by molar-refractivity contribution is 0.475. The minimum Gasteiger partial charge on any atom is -0.508 e. The molecule has 0 saturated carbocycles. The van der Waals surface area contributed by atoms with Crippen LogP contribution < -0.4 is 0 Å². The van der Waals surface area contributed by atoms with Gasteiger partial charge >= 0.3 is 0 Å². The number of aromatic hydroxyl groups is 1. The van der Waals surface area contributed by atoms with Gasteiger partial charge in [0.1, 0.15) is 17.8 Å². The summed E-state index contributed by atoms with van der Waals surface area (Å²) in [6.45, 7) is 0.505. The van der Waals surface area contributed by atoms with Crippen molar-refractivity contribution in [1.82, 2.24) is 25.0 Å². The maximum absolute atomic E-state index is 9.33. The largest absolute Gasteiger partial charge is 0.508 e. The van der Waals surface area contributed by atoms with E-state index in [0.29, 0.717) is 29.2 Å². The van der Waals surface area contributed by atoms with E-state index in [9.17, 15) is 5.11 Å². The van der Waals surface area contributed by atoms with Crippen molar-refractivity contribution in [2.75, 3.05) is 0 Å². The number of phenolic OH excluding ortho intramolecular Hbond substituents is 1. The van der Waals surface area contributed by atoms with Crippen LogP contribution in [0.4, 0.5) is 0 Å². The van der Waals surface area contributed by atoms with Gasteiger partial charge in [-0.2, -0.15) is 0 Å². The first-order chi connectivity index (χ1) is 10.8. The fraction of sp³-hybridized carbons (Fsp3) is 0.0667. The second-order valence-corrected chi connectivity index (χ2v) is 4.79. The molecule has 0 bridgehead atoms. The summed E-state index contributed by atoms with van der Waals surface area (Å²) in [5.41, 5.74) is 2.83. The highest BCUT2D eigenvalue weighted by Gasteiger charge is 2.15. The second kappa shape index (κ2) is 4.96. The number of furan rings is 1. The summed E-state index contributed by atoms with van der Waals surface area (Å²) in [5, 5.41) is 17.6. The highest BCUT2D eigenvalue weighted by atomic mass is 16.3. The molecule has 0 saturated heterocycles. The van der Waals surface area contributed by atoms with E-state index in [0.717, 1.165) is 5.56 Å². The van der Waals surface area contributed by atoms with E-state index in [2.05, 4.69) is 20.3 Å². The summed E-state index contributed by atoms with van der Waals surface area (Å²) in [6.07, 6.45) is 3.06. The topological polar surface area (TPSA) is 89.9 Å². The number of phenols is 1. The molecular formula is C15H11N5O2. The number of nitrogens with zero attached hydrogens (tertiary/aromatic N) is 5. The van der Waals surface area contributed by atoms with Crippen LogP contribution in [-0.4, -0.2) is 30.1 Å². The average molecular weight is 293 g/mol. The Labute approximate surface area is 124 Å². The maximum atomic E-state index is 9.33. The molecule has 4 aromatic rings. The van der Waals surface area contributed by atoms with Crippen molar-refractivity contribution < 1.29 is 9.52 Å². The van der Waals surface area contributed by atoms with Gasteiger partial charge in [0.25, 0.3) is 0 Å². The summed E-state index contributed by atoms with van der Waals surface area (Å²) in [5.74, 6) is 0.860. The summed E-state index contributed by atoms with van der Waals surface area (Å²) in [7, 11) is 0. The third-order valence-corrected chi connectivity index (χ3v) is 3.32. The Morgan fingerprint density at radius 1 is 1.09 bits per heavy atom. The van der Waals surface area contributed by atoms with E-state index in [4.69, 9.17) is 4.42 Å². The third-order valence-electron chi connectivity index (χ3n) is 3.32. The molecule has 3 heterocycles. The van der Waals surface area contributed by atoms with E-state index >= 15 is 0 Å². The molecule has 1 N–H and O–H groups in total. The van der Waals surface area contributed by atoms with Crippen LogP contribution in [0.2, 0.25) is 0 Å². The highest BCUT2D eigenvalue weighted by molar-refractivity contribution is 5.84. The van der Waals surface area contributed by atoms with Crippen LogP contribution in [0.5, 0.6) is 5.75 Å². The van der Waals surface area contributed by atoms with Crippen LogP contribution in [0.1, 0.15) is 5.56 Å². The van der Waals surface area contributed by atoms with Gasteiger partial charge in [-0.1, -0.05) is 17.3 Å².